The number of aromatic nitrogens is 5. The molecule has 7 heteroatoms. The molecule has 0 unspecified atom stereocenters. The molecule has 0 fully saturated rings. The largest absolute Gasteiger partial charge is 0.461 e. The maximum absolute atomic E-state index is 11.8. The fraction of sp³-hybridized carbons (Fsp3) is 0.500. The minimum Gasteiger partial charge on any atom is -0.461 e. The third kappa shape index (κ3) is 2.22. The summed E-state index contributed by atoms with van der Waals surface area (Å²) in [5.74, 6) is -0.480. The highest BCUT2D eigenvalue weighted by Gasteiger charge is 2.17. The third-order valence-corrected chi connectivity index (χ3v) is 2.31. The molecule has 2 aromatic rings. The average Bonchev–Trinajstić information content (AvgIpc) is 2.71. The number of fused-ring (bicyclic) bond motifs is 1. The molecule has 0 aliphatic heterocycles. The number of hydrogen-bond acceptors (Lipinski definition) is 6. The number of ether oxygens (including phenoxy) is 1. The van der Waals surface area contributed by atoms with E-state index in [1.807, 2.05) is 6.92 Å². The zero-order valence-corrected chi connectivity index (χ0v) is 9.75. The van der Waals surface area contributed by atoms with Crippen molar-refractivity contribution in [1.82, 2.24) is 25.0 Å². The third-order valence-electron chi connectivity index (χ3n) is 2.31. The van der Waals surface area contributed by atoms with Gasteiger partial charge in [0.25, 0.3) is 0 Å². The number of hydrogen-bond donors (Lipinski definition) is 0. The van der Waals surface area contributed by atoms with Crippen LogP contribution in [-0.2, 0) is 11.8 Å². The summed E-state index contributed by atoms with van der Waals surface area (Å²) in [6.45, 7) is 2.42. The van der Waals surface area contributed by atoms with E-state index in [-0.39, 0.29) is 5.69 Å². The minimum absolute atomic E-state index is 0.166. The normalized spacial score (nSPS) is 10.7. The molecule has 0 aliphatic rings. The van der Waals surface area contributed by atoms with Crippen LogP contribution in [0.1, 0.15) is 30.3 Å². The Bertz CT molecular complexity index is 536. The molecule has 0 bridgehead atoms. The molecule has 90 valence electrons. The van der Waals surface area contributed by atoms with Gasteiger partial charge < -0.3 is 4.74 Å². The van der Waals surface area contributed by atoms with E-state index >= 15 is 0 Å². The van der Waals surface area contributed by atoms with Crippen LogP contribution < -0.4 is 0 Å². The Morgan fingerprint density at radius 3 is 3.06 bits per heavy atom. The summed E-state index contributed by atoms with van der Waals surface area (Å²) in [6.07, 6.45) is 3.11. The van der Waals surface area contributed by atoms with Crippen molar-refractivity contribution in [3.63, 3.8) is 0 Å². The van der Waals surface area contributed by atoms with Crippen LogP contribution >= 0.6 is 0 Å². The maximum Gasteiger partial charge on any atom is 0.359 e. The fourth-order valence-corrected chi connectivity index (χ4v) is 1.38. The number of aryl methyl sites for hydroxylation is 1. The van der Waals surface area contributed by atoms with Crippen molar-refractivity contribution < 1.29 is 9.53 Å². The van der Waals surface area contributed by atoms with Crippen LogP contribution in [0.4, 0.5) is 0 Å². The lowest BCUT2D eigenvalue weighted by Crippen LogP contribution is -2.09. The zero-order chi connectivity index (χ0) is 12.3. The van der Waals surface area contributed by atoms with Gasteiger partial charge in [0.05, 0.1) is 6.61 Å². The number of carbonyl (C=O) groups is 1. The van der Waals surface area contributed by atoms with E-state index in [2.05, 4.69) is 20.3 Å². The van der Waals surface area contributed by atoms with Gasteiger partial charge in [0.2, 0.25) is 0 Å². The van der Waals surface area contributed by atoms with Gasteiger partial charge in [-0.05, 0) is 6.42 Å². The van der Waals surface area contributed by atoms with E-state index in [0.717, 1.165) is 12.8 Å². The van der Waals surface area contributed by atoms with Crippen molar-refractivity contribution in [2.45, 2.75) is 19.8 Å². The predicted octanol–water partition coefficient (Wildman–Crippen LogP) is 0.715. The monoisotopic (exact) mass is 235 g/mol. The molecule has 0 spiro atoms. The summed E-state index contributed by atoms with van der Waals surface area (Å²) in [7, 11) is 1.70. The first-order valence-corrected chi connectivity index (χ1v) is 5.41. The van der Waals surface area contributed by atoms with Crippen molar-refractivity contribution >= 4 is 17.1 Å². The Balaban J connectivity index is 2.26. The first-order valence-electron chi connectivity index (χ1n) is 5.41. The smallest absolute Gasteiger partial charge is 0.359 e. The average molecular weight is 235 g/mol. The Morgan fingerprint density at radius 1 is 1.47 bits per heavy atom. The van der Waals surface area contributed by atoms with Gasteiger partial charge in [0.15, 0.2) is 16.9 Å². The zero-order valence-electron chi connectivity index (χ0n) is 9.75. The van der Waals surface area contributed by atoms with Crippen LogP contribution in [0.5, 0.6) is 0 Å². The summed E-state index contributed by atoms with van der Waals surface area (Å²) >= 11 is 0. The van der Waals surface area contributed by atoms with E-state index in [1.54, 1.807) is 7.05 Å². The molecule has 0 N–H and O–H groups in total. The summed E-state index contributed by atoms with van der Waals surface area (Å²) in [4.78, 5) is 19.6. The van der Waals surface area contributed by atoms with Crippen molar-refractivity contribution in [2.24, 2.45) is 7.05 Å². The second-order valence-electron chi connectivity index (χ2n) is 3.60. The summed E-state index contributed by atoms with van der Waals surface area (Å²) < 4.78 is 6.57. The summed E-state index contributed by atoms with van der Waals surface area (Å²) in [6, 6.07) is 0. The number of nitrogens with zero attached hydrogens (tertiary/aromatic N) is 5. The molecular formula is C10H13N5O2. The molecule has 0 amide bonds. The summed E-state index contributed by atoms with van der Waals surface area (Å²) in [5, 5.41) is 7.65. The minimum atomic E-state index is -0.480. The highest BCUT2D eigenvalue weighted by molar-refractivity contribution is 5.98. The number of rotatable bonds is 4. The van der Waals surface area contributed by atoms with E-state index in [9.17, 15) is 4.79 Å². The SMILES string of the molecule is CCCCOC(=O)c1ncnc2c1nnn2C. The molecule has 17 heavy (non-hydrogen) atoms. The molecule has 0 atom stereocenters. The molecule has 7 nitrogen and oxygen atoms in total. The van der Waals surface area contributed by atoms with Gasteiger partial charge in [-0.25, -0.2) is 19.4 Å². The Kier molecular flexibility index (Phi) is 3.27. The molecule has 0 saturated carbocycles. The Labute approximate surface area is 97.8 Å². The molecule has 0 radical (unpaired) electrons. The summed E-state index contributed by atoms with van der Waals surface area (Å²) in [5.41, 5.74) is 1.05. The lowest BCUT2D eigenvalue weighted by Gasteiger charge is -2.02. The molecule has 0 saturated heterocycles. The van der Waals surface area contributed by atoms with Crippen molar-refractivity contribution in [3.05, 3.63) is 12.0 Å². The van der Waals surface area contributed by atoms with Gasteiger partial charge in [0.1, 0.15) is 6.33 Å². The predicted molar refractivity (Wildman–Crippen MR) is 59.3 cm³/mol. The second kappa shape index (κ2) is 4.86. The maximum atomic E-state index is 11.8. The highest BCUT2D eigenvalue weighted by Crippen LogP contribution is 2.11. The number of unbranched alkanes of at least 4 members (excludes halogenated alkanes) is 1. The molecule has 0 aromatic carbocycles. The van der Waals surface area contributed by atoms with Crippen LogP contribution in [0.2, 0.25) is 0 Å². The second-order valence-corrected chi connectivity index (χ2v) is 3.60. The molecule has 2 aromatic heterocycles. The standard InChI is InChI=1S/C10H13N5O2/c1-3-4-5-17-10(16)8-7-9(12-6-11-8)15(2)14-13-7/h6H,3-5H2,1-2H3. The van der Waals surface area contributed by atoms with Crippen LogP contribution in [0.3, 0.4) is 0 Å². The van der Waals surface area contributed by atoms with Crippen LogP contribution in [0.25, 0.3) is 11.2 Å². The van der Waals surface area contributed by atoms with Crippen molar-refractivity contribution in [2.75, 3.05) is 6.61 Å². The van der Waals surface area contributed by atoms with Crippen LogP contribution in [0.15, 0.2) is 6.33 Å². The van der Waals surface area contributed by atoms with Gasteiger partial charge in [-0.2, -0.15) is 0 Å². The lowest BCUT2D eigenvalue weighted by molar-refractivity contribution is 0.0495. The highest BCUT2D eigenvalue weighted by atomic mass is 16.5. The van der Waals surface area contributed by atoms with Crippen molar-refractivity contribution in [3.8, 4) is 0 Å². The Morgan fingerprint density at radius 2 is 2.29 bits per heavy atom. The molecule has 0 aliphatic carbocycles. The van der Waals surface area contributed by atoms with Gasteiger partial charge in [0, 0.05) is 7.05 Å². The quantitative estimate of drug-likeness (QED) is 0.573. The topological polar surface area (TPSA) is 82.8 Å². The molecular weight excluding hydrogens is 222 g/mol. The first kappa shape index (κ1) is 11.4. The number of carbonyl (C=O) groups excluding carboxylic acids is 1. The van der Waals surface area contributed by atoms with Gasteiger partial charge in [-0.1, -0.05) is 18.6 Å². The van der Waals surface area contributed by atoms with E-state index < -0.39 is 5.97 Å². The van der Waals surface area contributed by atoms with Crippen molar-refractivity contribution in [1.29, 1.82) is 0 Å². The van der Waals surface area contributed by atoms with Crippen LogP contribution in [-0.4, -0.2) is 37.5 Å². The lowest BCUT2D eigenvalue weighted by atomic mass is 10.3. The van der Waals surface area contributed by atoms with Gasteiger partial charge in [-0.3, -0.25) is 0 Å². The number of esters is 1. The van der Waals surface area contributed by atoms with E-state index in [1.165, 1.54) is 11.0 Å². The molecule has 2 heterocycles. The van der Waals surface area contributed by atoms with Gasteiger partial charge in [-0.15, -0.1) is 5.10 Å². The fourth-order valence-electron chi connectivity index (χ4n) is 1.38. The van der Waals surface area contributed by atoms with Gasteiger partial charge >= 0.3 is 5.97 Å². The first-order chi connectivity index (χ1) is 8.24. The molecule has 2 rings (SSSR count). The Hall–Kier alpha value is -2.05. The van der Waals surface area contributed by atoms with Crippen LogP contribution in [0, 0.1) is 0 Å². The van der Waals surface area contributed by atoms with E-state index in [0.29, 0.717) is 17.8 Å². The van der Waals surface area contributed by atoms with E-state index in [4.69, 9.17) is 4.74 Å².